The molecule has 0 saturated carbocycles. The summed E-state index contributed by atoms with van der Waals surface area (Å²) in [5.41, 5.74) is 0.831. The van der Waals surface area contributed by atoms with E-state index in [0.29, 0.717) is 10.5 Å². The van der Waals surface area contributed by atoms with Crippen molar-refractivity contribution in [1.82, 2.24) is 20.0 Å². The molecule has 3 heterocycles. The highest BCUT2D eigenvalue weighted by Gasteiger charge is 2.33. The number of anilines is 1. The van der Waals surface area contributed by atoms with Crippen LogP contribution in [0.2, 0.25) is 0 Å². The van der Waals surface area contributed by atoms with E-state index in [-0.39, 0.29) is 5.56 Å². The van der Waals surface area contributed by atoms with Crippen molar-refractivity contribution in [3.05, 3.63) is 21.0 Å². The summed E-state index contributed by atoms with van der Waals surface area (Å²) < 4.78 is 1.96. The average molecular weight is 328 g/mol. The zero-order valence-corrected chi connectivity index (χ0v) is 12.6. The molecule has 0 unspecified atom stereocenters. The van der Waals surface area contributed by atoms with Crippen molar-refractivity contribution in [2.24, 2.45) is 7.05 Å². The van der Waals surface area contributed by atoms with Crippen LogP contribution in [0.15, 0.2) is 15.5 Å². The summed E-state index contributed by atoms with van der Waals surface area (Å²) in [7, 11) is 1.66. The van der Waals surface area contributed by atoms with Crippen LogP contribution in [0.3, 0.4) is 0 Å². The maximum Gasteiger partial charge on any atom is 0.282 e. The molecule has 7 heteroatoms. The van der Waals surface area contributed by atoms with E-state index in [1.807, 2.05) is 0 Å². The molecule has 2 aliphatic rings. The molecule has 2 aliphatic heterocycles. The number of halogens is 1. The Labute approximate surface area is 120 Å². The Bertz CT molecular complexity index is 519. The molecule has 0 aliphatic carbocycles. The van der Waals surface area contributed by atoms with Crippen molar-refractivity contribution >= 4 is 21.6 Å². The summed E-state index contributed by atoms with van der Waals surface area (Å²) in [5.74, 6) is 0. The molecule has 2 saturated heterocycles. The van der Waals surface area contributed by atoms with Crippen LogP contribution in [-0.2, 0) is 7.05 Å². The first-order valence-corrected chi connectivity index (χ1v) is 7.37. The van der Waals surface area contributed by atoms with Gasteiger partial charge in [0.05, 0.1) is 11.9 Å². The van der Waals surface area contributed by atoms with Crippen LogP contribution in [0.4, 0.5) is 5.69 Å². The van der Waals surface area contributed by atoms with Gasteiger partial charge in [-0.05, 0) is 15.9 Å². The van der Waals surface area contributed by atoms with Gasteiger partial charge in [-0.1, -0.05) is 0 Å². The second kappa shape index (κ2) is 5.22. The van der Waals surface area contributed by atoms with Gasteiger partial charge in [-0.2, -0.15) is 5.10 Å². The van der Waals surface area contributed by atoms with E-state index in [1.54, 1.807) is 13.2 Å². The highest BCUT2D eigenvalue weighted by atomic mass is 79.9. The van der Waals surface area contributed by atoms with E-state index >= 15 is 0 Å². The lowest BCUT2D eigenvalue weighted by Crippen LogP contribution is -2.63. The predicted molar refractivity (Wildman–Crippen MR) is 77.6 cm³/mol. The van der Waals surface area contributed by atoms with Crippen molar-refractivity contribution in [3.63, 3.8) is 0 Å². The van der Waals surface area contributed by atoms with Crippen molar-refractivity contribution in [3.8, 4) is 0 Å². The largest absolute Gasteiger partial charge is 0.366 e. The molecule has 1 aromatic rings. The Morgan fingerprint density at radius 1 is 1.37 bits per heavy atom. The summed E-state index contributed by atoms with van der Waals surface area (Å²) in [6, 6.07) is 0.609. The fraction of sp³-hybridized carbons (Fsp3) is 0.667. The number of rotatable bonds is 2. The molecule has 104 valence electrons. The third kappa shape index (κ3) is 2.42. The molecule has 19 heavy (non-hydrogen) atoms. The Kier molecular flexibility index (Phi) is 3.60. The van der Waals surface area contributed by atoms with Crippen molar-refractivity contribution in [2.75, 3.05) is 44.2 Å². The predicted octanol–water partition coefficient (Wildman–Crippen LogP) is -0.363. The average Bonchev–Trinajstić information content (AvgIpc) is 2.38. The summed E-state index contributed by atoms with van der Waals surface area (Å²) in [6.07, 6.45) is 1.76. The molecule has 0 aromatic carbocycles. The van der Waals surface area contributed by atoms with Crippen LogP contribution >= 0.6 is 15.9 Å². The number of hydrogen-bond donors (Lipinski definition) is 1. The van der Waals surface area contributed by atoms with Gasteiger partial charge in [0.25, 0.3) is 5.56 Å². The van der Waals surface area contributed by atoms with Gasteiger partial charge in [-0.25, -0.2) is 4.68 Å². The second-order valence-electron chi connectivity index (χ2n) is 5.12. The van der Waals surface area contributed by atoms with Crippen LogP contribution in [0.5, 0.6) is 0 Å². The minimum absolute atomic E-state index is 0.0804. The minimum Gasteiger partial charge on any atom is -0.366 e. The van der Waals surface area contributed by atoms with E-state index in [1.165, 1.54) is 4.68 Å². The maximum atomic E-state index is 11.8. The Hall–Kier alpha value is -0.920. The molecule has 3 rings (SSSR count). The SMILES string of the molecule is Cn1ncc(N2CC(N3CCNCC3)C2)c(Br)c1=O. The first kappa shape index (κ1) is 13.1. The molecule has 0 radical (unpaired) electrons. The van der Waals surface area contributed by atoms with E-state index in [0.717, 1.165) is 45.0 Å². The summed E-state index contributed by atoms with van der Waals surface area (Å²) in [4.78, 5) is 16.6. The van der Waals surface area contributed by atoms with Crippen molar-refractivity contribution in [2.45, 2.75) is 6.04 Å². The topological polar surface area (TPSA) is 53.4 Å². The smallest absolute Gasteiger partial charge is 0.282 e. The monoisotopic (exact) mass is 327 g/mol. The quantitative estimate of drug-likeness (QED) is 0.803. The third-order valence-corrected chi connectivity index (χ3v) is 4.68. The van der Waals surface area contributed by atoms with Crippen LogP contribution in [-0.4, -0.2) is 60.0 Å². The number of aryl methyl sites for hydroxylation is 1. The molecule has 1 aromatic heterocycles. The molecular formula is C12H18BrN5O. The summed E-state index contributed by atoms with van der Waals surface area (Å²) in [6.45, 7) is 6.35. The lowest BCUT2D eigenvalue weighted by molar-refractivity contribution is 0.147. The number of piperazine rings is 1. The maximum absolute atomic E-state index is 11.8. The first-order valence-electron chi connectivity index (χ1n) is 6.58. The fourth-order valence-electron chi connectivity index (χ4n) is 2.65. The lowest BCUT2D eigenvalue weighted by atomic mass is 10.1. The third-order valence-electron chi connectivity index (χ3n) is 3.93. The molecular weight excluding hydrogens is 310 g/mol. The van der Waals surface area contributed by atoms with E-state index < -0.39 is 0 Å². The number of aromatic nitrogens is 2. The minimum atomic E-state index is -0.0804. The second-order valence-corrected chi connectivity index (χ2v) is 5.91. The number of hydrogen-bond acceptors (Lipinski definition) is 5. The lowest BCUT2D eigenvalue weighted by Gasteiger charge is -2.47. The Morgan fingerprint density at radius 2 is 2.05 bits per heavy atom. The standard InChI is InChI=1S/C12H18BrN5O/c1-16-12(19)11(13)10(6-15-16)18-7-9(8-18)17-4-2-14-3-5-17/h6,9,14H,2-5,7-8H2,1H3. The number of nitrogens with zero attached hydrogens (tertiary/aromatic N) is 4. The van der Waals surface area contributed by atoms with Gasteiger partial charge in [0.15, 0.2) is 0 Å². The van der Waals surface area contributed by atoms with Crippen LogP contribution in [0.25, 0.3) is 0 Å². The zero-order chi connectivity index (χ0) is 13.4. The van der Waals surface area contributed by atoms with Crippen molar-refractivity contribution < 1.29 is 0 Å². The fourth-order valence-corrected chi connectivity index (χ4v) is 3.26. The van der Waals surface area contributed by atoms with Crippen LogP contribution in [0.1, 0.15) is 0 Å². The molecule has 6 nitrogen and oxygen atoms in total. The first-order chi connectivity index (χ1) is 9.16. The summed E-state index contributed by atoms with van der Waals surface area (Å²) in [5, 5.41) is 7.46. The Morgan fingerprint density at radius 3 is 2.74 bits per heavy atom. The van der Waals surface area contributed by atoms with E-state index in [4.69, 9.17) is 0 Å². The van der Waals surface area contributed by atoms with Crippen molar-refractivity contribution in [1.29, 1.82) is 0 Å². The van der Waals surface area contributed by atoms with Gasteiger partial charge in [0.2, 0.25) is 0 Å². The van der Waals surface area contributed by atoms with Crippen LogP contribution < -0.4 is 15.8 Å². The molecule has 2 fully saturated rings. The normalized spacial score (nSPS) is 21.5. The van der Waals surface area contributed by atoms with Gasteiger partial charge >= 0.3 is 0 Å². The van der Waals surface area contributed by atoms with E-state index in [2.05, 4.69) is 36.1 Å². The number of nitrogens with one attached hydrogen (secondary N) is 1. The Balaban J connectivity index is 1.67. The molecule has 0 atom stereocenters. The highest BCUT2D eigenvalue weighted by molar-refractivity contribution is 9.10. The molecule has 0 amide bonds. The van der Waals surface area contributed by atoms with E-state index in [9.17, 15) is 4.79 Å². The van der Waals surface area contributed by atoms with Gasteiger partial charge in [-0.3, -0.25) is 9.69 Å². The summed E-state index contributed by atoms with van der Waals surface area (Å²) >= 11 is 3.38. The molecule has 0 bridgehead atoms. The molecule has 0 spiro atoms. The highest BCUT2D eigenvalue weighted by Crippen LogP contribution is 2.27. The van der Waals surface area contributed by atoms with Gasteiger partial charge in [0, 0.05) is 52.4 Å². The van der Waals surface area contributed by atoms with Gasteiger partial charge in [0.1, 0.15) is 4.47 Å². The zero-order valence-electron chi connectivity index (χ0n) is 11.0. The van der Waals surface area contributed by atoms with Crippen LogP contribution in [0, 0.1) is 0 Å². The molecule has 1 N–H and O–H groups in total. The van der Waals surface area contributed by atoms with Gasteiger partial charge in [-0.15, -0.1) is 0 Å². The van der Waals surface area contributed by atoms with Gasteiger partial charge < -0.3 is 10.2 Å².